The fraction of sp³-hybridized carbons (Fsp3) is 0.333. The van der Waals surface area contributed by atoms with Gasteiger partial charge in [0.25, 0.3) is 0 Å². The fourth-order valence-electron chi connectivity index (χ4n) is 3.37. The monoisotopic (exact) mass is 251 g/mol. The zero-order valence-electron chi connectivity index (χ0n) is 11.5. The van der Waals surface area contributed by atoms with Crippen molar-refractivity contribution in [3.8, 4) is 0 Å². The fourth-order valence-corrected chi connectivity index (χ4v) is 3.37. The van der Waals surface area contributed by atoms with Crippen LogP contribution >= 0.6 is 0 Å². The smallest absolute Gasteiger partial charge is 0.0156 e. The molecule has 1 fully saturated rings. The molecule has 1 saturated heterocycles. The summed E-state index contributed by atoms with van der Waals surface area (Å²) in [5.41, 5.74) is 3.17. The maximum Gasteiger partial charge on any atom is 0.0156 e. The van der Waals surface area contributed by atoms with Crippen molar-refractivity contribution in [3.63, 3.8) is 0 Å². The summed E-state index contributed by atoms with van der Waals surface area (Å²) in [7, 11) is 0. The second-order valence-corrected chi connectivity index (χ2v) is 5.84. The molecule has 0 spiro atoms. The molecule has 1 atom stereocenters. The Morgan fingerprint density at radius 1 is 0.895 bits per heavy atom. The van der Waals surface area contributed by atoms with E-state index < -0.39 is 0 Å². The van der Waals surface area contributed by atoms with E-state index in [2.05, 4.69) is 72.9 Å². The quantitative estimate of drug-likeness (QED) is 0.874. The van der Waals surface area contributed by atoms with Crippen molar-refractivity contribution in [1.82, 2.24) is 5.32 Å². The molecule has 19 heavy (non-hydrogen) atoms. The lowest BCUT2D eigenvalue weighted by atomic mass is 9.69. The van der Waals surface area contributed by atoms with E-state index in [9.17, 15) is 0 Å². The molecular formula is C18H21N. The first kappa shape index (κ1) is 12.4. The van der Waals surface area contributed by atoms with Gasteiger partial charge in [-0.05, 0) is 29.5 Å². The summed E-state index contributed by atoms with van der Waals surface area (Å²) in [6, 6.07) is 21.9. The van der Waals surface area contributed by atoms with Gasteiger partial charge in [0, 0.05) is 12.5 Å². The first-order valence-electron chi connectivity index (χ1n) is 7.10. The lowest BCUT2D eigenvalue weighted by Crippen LogP contribution is -2.29. The summed E-state index contributed by atoms with van der Waals surface area (Å²) in [5, 5.41) is 3.53. The molecule has 0 saturated carbocycles. The van der Waals surface area contributed by atoms with Crippen molar-refractivity contribution in [2.45, 2.75) is 19.3 Å². The lowest BCUT2D eigenvalue weighted by Gasteiger charge is -2.34. The third-order valence-electron chi connectivity index (χ3n) is 4.36. The van der Waals surface area contributed by atoms with Gasteiger partial charge in [0.2, 0.25) is 0 Å². The minimum Gasteiger partial charge on any atom is -0.316 e. The van der Waals surface area contributed by atoms with Gasteiger partial charge in [-0.1, -0.05) is 67.6 Å². The molecule has 1 aliphatic heterocycles. The molecule has 0 bridgehead atoms. The summed E-state index contributed by atoms with van der Waals surface area (Å²) in [5.74, 6) is 0.477. The minimum atomic E-state index is 0.308. The topological polar surface area (TPSA) is 12.0 Å². The van der Waals surface area contributed by atoms with Crippen LogP contribution < -0.4 is 5.32 Å². The second kappa shape index (κ2) is 5.18. The first-order valence-corrected chi connectivity index (χ1v) is 7.10. The number of hydrogen-bond acceptors (Lipinski definition) is 1. The predicted octanol–water partition coefficient (Wildman–Crippen LogP) is 3.82. The van der Waals surface area contributed by atoms with E-state index in [1.54, 1.807) is 0 Å². The molecule has 0 aromatic heterocycles. The molecule has 2 aromatic rings. The van der Waals surface area contributed by atoms with Crippen molar-refractivity contribution in [1.29, 1.82) is 0 Å². The third-order valence-corrected chi connectivity index (χ3v) is 4.36. The van der Waals surface area contributed by atoms with Gasteiger partial charge >= 0.3 is 0 Å². The lowest BCUT2D eigenvalue weighted by molar-refractivity contribution is 0.317. The van der Waals surface area contributed by atoms with Gasteiger partial charge in [0.15, 0.2) is 0 Å². The van der Waals surface area contributed by atoms with Crippen molar-refractivity contribution in [2.24, 2.45) is 5.41 Å². The summed E-state index contributed by atoms with van der Waals surface area (Å²) in [6.45, 7) is 4.64. The van der Waals surface area contributed by atoms with Crippen molar-refractivity contribution < 1.29 is 0 Å². The first-order chi connectivity index (χ1) is 9.30. The van der Waals surface area contributed by atoms with Gasteiger partial charge in [0.1, 0.15) is 0 Å². The van der Waals surface area contributed by atoms with E-state index in [1.165, 1.54) is 17.5 Å². The molecule has 1 aliphatic rings. The van der Waals surface area contributed by atoms with Gasteiger partial charge in [-0.2, -0.15) is 0 Å². The molecule has 0 aliphatic carbocycles. The molecule has 1 heterocycles. The summed E-state index contributed by atoms with van der Waals surface area (Å²) < 4.78 is 0. The van der Waals surface area contributed by atoms with Crippen LogP contribution in [0.5, 0.6) is 0 Å². The predicted molar refractivity (Wildman–Crippen MR) is 80.3 cm³/mol. The van der Waals surface area contributed by atoms with Gasteiger partial charge < -0.3 is 5.32 Å². The van der Waals surface area contributed by atoms with Gasteiger partial charge in [-0.25, -0.2) is 0 Å². The van der Waals surface area contributed by atoms with Gasteiger partial charge in [-0.15, -0.1) is 0 Å². The normalized spacial score (nSPS) is 22.8. The Morgan fingerprint density at radius 2 is 1.42 bits per heavy atom. The van der Waals surface area contributed by atoms with Crippen molar-refractivity contribution in [2.75, 3.05) is 13.1 Å². The molecule has 2 aromatic carbocycles. The van der Waals surface area contributed by atoms with E-state index in [0.29, 0.717) is 11.3 Å². The van der Waals surface area contributed by atoms with Crippen LogP contribution in [0, 0.1) is 5.41 Å². The van der Waals surface area contributed by atoms with E-state index >= 15 is 0 Å². The van der Waals surface area contributed by atoms with E-state index in [1.807, 2.05) is 0 Å². The second-order valence-electron chi connectivity index (χ2n) is 5.84. The van der Waals surface area contributed by atoms with Crippen LogP contribution in [-0.2, 0) is 0 Å². The van der Waals surface area contributed by atoms with Crippen LogP contribution in [0.15, 0.2) is 60.7 Å². The molecular weight excluding hydrogens is 230 g/mol. The highest BCUT2D eigenvalue weighted by Crippen LogP contribution is 2.44. The molecule has 1 N–H and O–H groups in total. The zero-order valence-corrected chi connectivity index (χ0v) is 11.5. The number of hydrogen-bond donors (Lipinski definition) is 1. The molecule has 0 radical (unpaired) electrons. The van der Waals surface area contributed by atoms with Crippen LogP contribution in [0.2, 0.25) is 0 Å². The van der Waals surface area contributed by atoms with E-state index in [4.69, 9.17) is 0 Å². The van der Waals surface area contributed by atoms with Gasteiger partial charge in [-0.3, -0.25) is 0 Å². The van der Waals surface area contributed by atoms with Crippen molar-refractivity contribution >= 4 is 0 Å². The Bertz CT molecular complexity index is 472. The Kier molecular flexibility index (Phi) is 3.39. The largest absolute Gasteiger partial charge is 0.316 e. The third kappa shape index (κ3) is 2.43. The SMILES string of the molecule is CC1(C(c2ccccc2)c2ccccc2)CCNC1. The standard InChI is InChI=1S/C18H21N/c1-18(12-13-19-14-18)17(15-8-4-2-5-9-15)16-10-6-3-7-11-16/h2-11,17,19H,12-14H2,1H3. The highest BCUT2D eigenvalue weighted by molar-refractivity contribution is 5.35. The Labute approximate surface area is 115 Å². The maximum atomic E-state index is 3.53. The molecule has 98 valence electrons. The number of nitrogens with one attached hydrogen (secondary N) is 1. The van der Waals surface area contributed by atoms with Crippen LogP contribution in [-0.4, -0.2) is 13.1 Å². The Balaban J connectivity index is 2.06. The minimum absolute atomic E-state index is 0.308. The molecule has 3 rings (SSSR count). The Morgan fingerprint density at radius 3 is 1.84 bits per heavy atom. The number of benzene rings is 2. The average molecular weight is 251 g/mol. The maximum absolute atomic E-state index is 3.53. The van der Waals surface area contributed by atoms with E-state index in [0.717, 1.165) is 13.1 Å². The number of rotatable bonds is 3. The van der Waals surface area contributed by atoms with Crippen LogP contribution in [0.1, 0.15) is 30.4 Å². The zero-order chi connectivity index (χ0) is 13.1. The summed E-state index contributed by atoms with van der Waals surface area (Å²) >= 11 is 0. The Hall–Kier alpha value is -1.60. The van der Waals surface area contributed by atoms with Crippen LogP contribution in [0.4, 0.5) is 0 Å². The van der Waals surface area contributed by atoms with Crippen LogP contribution in [0.25, 0.3) is 0 Å². The molecule has 0 amide bonds. The average Bonchev–Trinajstić information content (AvgIpc) is 2.89. The van der Waals surface area contributed by atoms with Crippen LogP contribution in [0.3, 0.4) is 0 Å². The highest BCUT2D eigenvalue weighted by atomic mass is 14.9. The van der Waals surface area contributed by atoms with E-state index in [-0.39, 0.29) is 0 Å². The molecule has 1 heteroatoms. The summed E-state index contributed by atoms with van der Waals surface area (Å²) in [6.07, 6.45) is 1.24. The van der Waals surface area contributed by atoms with Crippen molar-refractivity contribution in [3.05, 3.63) is 71.8 Å². The summed E-state index contributed by atoms with van der Waals surface area (Å²) in [4.78, 5) is 0. The molecule has 1 unspecified atom stereocenters. The highest BCUT2D eigenvalue weighted by Gasteiger charge is 2.38. The van der Waals surface area contributed by atoms with Gasteiger partial charge in [0.05, 0.1) is 0 Å². The molecule has 1 nitrogen and oxygen atoms in total.